The van der Waals surface area contributed by atoms with E-state index in [1.165, 1.54) is 12.4 Å². The van der Waals surface area contributed by atoms with Gasteiger partial charge in [-0.05, 0) is 37.7 Å². The molecule has 10 heteroatoms. The quantitative estimate of drug-likeness (QED) is 0.598. The third-order valence-electron chi connectivity index (χ3n) is 4.95. The Morgan fingerprint density at radius 1 is 1.17 bits per heavy atom. The molecule has 3 N–H and O–H groups in total. The number of fused-ring (bicyclic) bond motifs is 1. The molecule has 1 aromatic heterocycles. The van der Waals surface area contributed by atoms with Crippen LogP contribution in [0.2, 0.25) is 0 Å². The zero-order valence-electron chi connectivity index (χ0n) is 15.7. The third-order valence-corrected chi connectivity index (χ3v) is 4.95. The highest BCUT2D eigenvalue weighted by atomic mass is 19.2. The summed E-state index contributed by atoms with van der Waals surface area (Å²) in [5, 5.41) is 3.61. The number of anilines is 1. The SMILES string of the molecule is NC(=O)Oc1cccc2c(N[C@H](CN3CCC3)c3cc(F)c(F)cc3F)ncnc12. The van der Waals surface area contributed by atoms with E-state index in [-0.39, 0.29) is 11.3 Å². The van der Waals surface area contributed by atoms with Crippen LogP contribution in [0.4, 0.5) is 23.8 Å². The molecule has 1 amide bonds. The number of amides is 1. The largest absolute Gasteiger partial charge is 0.410 e. The first-order chi connectivity index (χ1) is 14.4. The zero-order valence-corrected chi connectivity index (χ0v) is 15.7. The summed E-state index contributed by atoms with van der Waals surface area (Å²) in [4.78, 5) is 21.5. The molecular formula is C20H18F3N5O2. The van der Waals surface area contributed by atoms with Crippen LogP contribution in [0, 0.1) is 17.5 Å². The van der Waals surface area contributed by atoms with E-state index >= 15 is 0 Å². The number of likely N-dealkylation sites (tertiary alicyclic amines) is 1. The van der Waals surface area contributed by atoms with Crippen molar-refractivity contribution in [2.24, 2.45) is 5.73 Å². The first-order valence-corrected chi connectivity index (χ1v) is 9.26. The van der Waals surface area contributed by atoms with Gasteiger partial charge >= 0.3 is 6.09 Å². The Labute approximate surface area is 169 Å². The van der Waals surface area contributed by atoms with Crippen LogP contribution in [0.5, 0.6) is 5.75 Å². The van der Waals surface area contributed by atoms with Gasteiger partial charge in [0.1, 0.15) is 23.5 Å². The number of halogens is 3. The van der Waals surface area contributed by atoms with E-state index in [2.05, 4.69) is 20.2 Å². The minimum atomic E-state index is -1.25. The van der Waals surface area contributed by atoms with Gasteiger partial charge in [0.25, 0.3) is 0 Å². The highest BCUT2D eigenvalue weighted by molar-refractivity contribution is 5.94. The first kappa shape index (κ1) is 19.9. The van der Waals surface area contributed by atoms with Crippen LogP contribution in [0.1, 0.15) is 18.0 Å². The Morgan fingerprint density at radius 2 is 1.93 bits per heavy atom. The number of nitrogens with two attached hydrogens (primary N) is 1. The lowest BCUT2D eigenvalue weighted by molar-refractivity contribution is 0.173. The van der Waals surface area contributed by atoms with Crippen molar-refractivity contribution < 1.29 is 22.7 Å². The van der Waals surface area contributed by atoms with E-state index in [0.29, 0.717) is 29.3 Å². The number of hydrogen-bond acceptors (Lipinski definition) is 6. The van der Waals surface area contributed by atoms with Gasteiger partial charge in [0.2, 0.25) is 0 Å². The van der Waals surface area contributed by atoms with E-state index in [1.54, 1.807) is 12.1 Å². The maximum absolute atomic E-state index is 14.5. The molecule has 0 spiro atoms. The Kier molecular flexibility index (Phi) is 5.40. The monoisotopic (exact) mass is 417 g/mol. The summed E-state index contributed by atoms with van der Waals surface area (Å²) in [5.74, 6) is -2.78. The third kappa shape index (κ3) is 3.99. The van der Waals surface area contributed by atoms with Crippen molar-refractivity contribution >= 4 is 22.8 Å². The van der Waals surface area contributed by atoms with Crippen LogP contribution < -0.4 is 15.8 Å². The van der Waals surface area contributed by atoms with E-state index < -0.39 is 29.6 Å². The van der Waals surface area contributed by atoms with E-state index in [1.807, 2.05) is 0 Å². The number of nitrogens with zero attached hydrogens (tertiary/aromatic N) is 3. The van der Waals surface area contributed by atoms with Crippen molar-refractivity contribution in [3.05, 3.63) is 59.7 Å². The van der Waals surface area contributed by atoms with Gasteiger partial charge in [-0.25, -0.2) is 27.9 Å². The van der Waals surface area contributed by atoms with Crippen molar-refractivity contribution in [1.82, 2.24) is 14.9 Å². The van der Waals surface area contributed by atoms with Gasteiger partial charge in [0.15, 0.2) is 17.4 Å². The van der Waals surface area contributed by atoms with Crippen LogP contribution >= 0.6 is 0 Å². The Hall–Kier alpha value is -3.40. The number of aromatic nitrogens is 2. The average Bonchev–Trinajstić information content (AvgIpc) is 2.67. The Bertz CT molecular complexity index is 1110. The topological polar surface area (TPSA) is 93.4 Å². The van der Waals surface area contributed by atoms with Gasteiger partial charge in [0, 0.05) is 23.6 Å². The van der Waals surface area contributed by atoms with E-state index in [4.69, 9.17) is 10.5 Å². The van der Waals surface area contributed by atoms with E-state index in [9.17, 15) is 18.0 Å². The fraction of sp³-hybridized carbons (Fsp3) is 0.250. The normalized spacial score (nSPS) is 14.9. The Morgan fingerprint density at radius 3 is 2.63 bits per heavy atom. The van der Waals surface area contributed by atoms with Crippen molar-refractivity contribution in [2.45, 2.75) is 12.5 Å². The predicted octanol–water partition coefficient (Wildman–Crippen LogP) is 3.36. The van der Waals surface area contributed by atoms with Crippen LogP contribution in [-0.2, 0) is 0 Å². The molecule has 3 aromatic rings. The van der Waals surface area contributed by atoms with Gasteiger partial charge in [-0.1, -0.05) is 6.07 Å². The lowest BCUT2D eigenvalue weighted by Gasteiger charge is -2.35. The second-order valence-electron chi connectivity index (χ2n) is 6.93. The summed E-state index contributed by atoms with van der Waals surface area (Å²) in [6.07, 6.45) is 1.27. The summed E-state index contributed by atoms with van der Waals surface area (Å²) >= 11 is 0. The maximum atomic E-state index is 14.5. The molecular weight excluding hydrogens is 399 g/mol. The molecule has 1 fully saturated rings. The van der Waals surface area contributed by atoms with Crippen LogP contribution in [0.3, 0.4) is 0 Å². The molecule has 156 valence electrons. The number of benzene rings is 2. The molecule has 7 nitrogen and oxygen atoms in total. The molecule has 0 bridgehead atoms. The fourth-order valence-electron chi connectivity index (χ4n) is 3.38. The van der Waals surface area contributed by atoms with Crippen LogP contribution in [-0.4, -0.2) is 40.6 Å². The molecule has 0 unspecified atom stereocenters. The van der Waals surface area contributed by atoms with Gasteiger partial charge in [-0.2, -0.15) is 0 Å². The van der Waals surface area contributed by atoms with Gasteiger partial charge in [-0.15, -0.1) is 0 Å². The molecule has 1 saturated heterocycles. The van der Waals surface area contributed by atoms with Gasteiger partial charge < -0.3 is 20.7 Å². The number of rotatable bonds is 6. The molecule has 2 aromatic carbocycles. The number of primary amides is 1. The van der Waals surface area contributed by atoms with E-state index in [0.717, 1.165) is 25.6 Å². The standard InChI is InChI=1S/C20H18F3N5O2/c21-13-8-15(23)14(22)7-12(13)16(9-28-5-2-6-28)27-19-11-3-1-4-17(30-20(24)29)18(11)25-10-26-19/h1,3-4,7-8,10,16H,2,5-6,9H2,(H2,24,29)(H,25,26,27)/t16-/m1/s1. The number of carbonyl (C=O) groups excluding carboxylic acids is 1. The molecule has 0 radical (unpaired) electrons. The molecule has 4 rings (SSSR count). The molecule has 1 aliphatic rings. The smallest absolute Gasteiger partial charge is 0.408 e. The second kappa shape index (κ2) is 8.15. The zero-order chi connectivity index (χ0) is 21.3. The molecule has 2 heterocycles. The first-order valence-electron chi connectivity index (χ1n) is 9.26. The fourth-order valence-corrected chi connectivity index (χ4v) is 3.38. The van der Waals surface area contributed by atoms with Crippen molar-refractivity contribution in [1.29, 1.82) is 0 Å². The number of para-hydroxylation sites is 1. The summed E-state index contributed by atoms with van der Waals surface area (Å²) in [6.45, 7) is 2.01. The Balaban J connectivity index is 1.74. The van der Waals surface area contributed by atoms with Crippen LogP contribution in [0.15, 0.2) is 36.7 Å². The van der Waals surface area contributed by atoms with Crippen molar-refractivity contribution in [3.8, 4) is 5.75 Å². The highest BCUT2D eigenvalue weighted by Gasteiger charge is 2.25. The minimum Gasteiger partial charge on any atom is -0.408 e. The number of ether oxygens (including phenoxy) is 1. The van der Waals surface area contributed by atoms with Gasteiger partial charge in [-0.3, -0.25) is 0 Å². The van der Waals surface area contributed by atoms with Crippen molar-refractivity contribution in [3.63, 3.8) is 0 Å². The summed E-state index contributed by atoms with van der Waals surface area (Å²) in [5.41, 5.74) is 5.40. The average molecular weight is 417 g/mol. The lowest BCUT2D eigenvalue weighted by atomic mass is 10.0. The molecule has 1 atom stereocenters. The molecule has 30 heavy (non-hydrogen) atoms. The second-order valence-corrected chi connectivity index (χ2v) is 6.93. The minimum absolute atomic E-state index is 0.0166. The van der Waals surface area contributed by atoms with Crippen LogP contribution in [0.25, 0.3) is 10.9 Å². The number of nitrogens with one attached hydrogen (secondary N) is 1. The lowest BCUT2D eigenvalue weighted by Crippen LogP contribution is -2.41. The number of hydrogen-bond donors (Lipinski definition) is 2. The number of carbonyl (C=O) groups is 1. The molecule has 1 aliphatic heterocycles. The summed E-state index contributed by atoms with van der Waals surface area (Å²) < 4.78 is 46.8. The molecule has 0 aliphatic carbocycles. The predicted molar refractivity (Wildman–Crippen MR) is 103 cm³/mol. The maximum Gasteiger partial charge on any atom is 0.410 e. The van der Waals surface area contributed by atoms with Crippen molar-refractivity contribution in [2.75, 3.05) is 25.0 Å². The highest BCUT2D eigenvalue weighted by Crippen LogP contribution is 2.31. The van der Waals surface area contributed by atoms with Gasteiger partial charge in [0.05, 0.1) is 6.04 Å². The molecule has 0 saturated carbocycles. The summed E-state index contributed by atoms with van der Waals surface area (Å²) in [7, 11) is 0. The summed E-state index contributed by atoms with van der Waals surface area (Å²) in [6, 6.07) is 5.51.